The van der Waals surface area contributed by atoms with Crippen molar-refractivity contribution in [2.75, 3.05) is 6.61 Å². The summed E-state index contributed by atoms with van der Waals surface area (Å²) in [6, 6.07) is 16.0. The van der Waals surface area contributed by atoms with Gasteiger partial charge in [0.05, 0.1) is 18.6 Å². The molecule has 0 aromatic heterocycles. The molecule has 0 aliphatic heterocycles. The molecular formula is C25H33NO4S. The van der Waals surface area contributed by atoms with E-state index in [1.807, 2.05) is 63.2 Å². The van der Waals surface area contributed by atoms with Crippen LogP contribution in [0.1, 0.15) is 63.6 Å². The number of benzene rings is 2. The Morgan fingerprint density at radius 3 is 2.61 bits per heavy atom. The molecule has 0 saturated heterocycles. The van der Waals surface area contributed by atoms with Crippen molar-refractivity contribution in [1.29, 1.82) is 0 Å². The van der Waals surface area contributed by atoms with Crippen LogP contribution in [0.5, 0.6) is 5.75 Å². The zero-order valence-corrected chi connectivity index (χ0v) is 19.7. The smallest absolute Gasteiger partial charge is 0.308 e. The lowest BCUT2D eigenvalue weighted by Crippen LogP contribution is -2.53. The molecule has 1 aliphatic rings. The molecule has 0 spiro atoms. The third-order valence-electron chi connectivity index (χ3n) is 5.49. The van der Waals surface area contributed by atoms with Crippen molar-refractivity contribution < 1.29 is 18.8 Å². The van der Waals surface area contributed by atoms with Gasteiger partial charge in [-0.2, -0.15) is 0 Å². The van der Waals surface area contributed by atoms with Crippen LogP contribution < -0.4 is 9.46 Å². The summed E-state index contributed by atoms with van der Waals surface area (Å²) in [7, 11) is 0. The summed E-state index contributed by atoms with van der Waals surface area (Å²) < 4.78 is 27.3. The van der Waals surface area contributed by atoms with Gasteiger partial charge in [-0.25, -0.2) is 0 Å². The molecule has 0 radical (unpaired) electrons. The highest BCUT2D eigenvalue weighted by molar-refractivity contribution is 7.90. The first-order chi connectivity index (χ1) is 14.7. The number of aryl methyl sites for hydroxylation is 1. The standard InChI is InChI=1S/C25H33NO4S/c1-5-29-23(27)17-25(26-31(28)24(2,3)4)15-9-12-20-13-14-21(16-22(20)25)30-18-19-10-7-6-8-11-19/h6-8,10-11,13-14,16,26H,5,9,12,15,17-18H2,1-4H3/t25-,31?/m0/s1. The maximum atomic E-state index is 13.1. The Kier molecular flexibility index (Phi) is 7.68. The first kappa shape index (κ1) is 23.6. The molecule has 6 heteroatoms. The van der Waals surface area contributed by atoms with E-state index in [0.29, 0.717) is 19.6 Å². The van der Waals surface area contributed by atoms with Crippen LogP contribution >= 0.6 is 0 Å². The van der Waals surface area contributed by atoms with Crippen molar-refractivity contribution >= 4 is 17.3 Å². The Balaban J connectivity index is 1.93. The van der Waals surface area contributed by atoms with Crippen LogP contribution in [0.3, 0.4) is 0 Å². The van der Waals surface area contributed by atoms with Crippen molar-refractivity contribution in [2.45, 2.75) is 70.3 Å². The summed E-state index contributed by atoms with van der Waals surface area (Å²) >= 11 is -1.34. The summed E-state index contributed by atoms with van der Waals surface area (Å²) in [5.74, 6) is 0.449. The monoisotopic (exact) mass is 443 g/mol. The summed E-state index contributed by atoms with van der Waals surface area (Å²) in [4.78, 5) is 12.6. The SMILES string of the molecule is CCOC(=O)C[C@@]1(N[S+]([O-])C(C)(C)C)CCCc2ccc(OCc3ccccc3)cc21. The number of nitrogens with one attached hydrogen (secondary N) is 1. The van der Waals surface area contributed by atoms with E-state index in [4.69, 9.17) is 9.47 Å². The first-order valence-corrected chi connectivity index (χ1v) is 12.0. The molecule has 0 bridgehead atoms. The quantitative estimate of drug-likeness (QED) is 0.469. The maximum absolute atomic E-state index is 13.1. The van der Waals surface area contributed by atoms with Gasteiger partial charge < -0.3 is 14.0 Å². The van der Waals surface area contributed by atoms with Crippen LogP contribution in [0.25, 0.3) is 0 Å². The van der Waals surface area contributed by atoms with Gasteiger partial charge in [-0.3, -0.25) is 4.79 Å². The minimum absolute atomic E-state index is 0.137. The lowest BCUT2D eigenvalue weighted by molar-refractivity contribution is -0.145. The van der Waals surface area contributed by atoms with E-state index in [1.54, 1.807) is 6.92 Å². The van der Waals surface area contributed by atoms with Gasteiger partial charge in [-0.15, -0.1) is 4.72 Å². The predicted molar refractivity (Wildman–Crippen MR) is 124 cm³/mol. The summed E-state index contributed by atoms with van der Waals surface area (Å²) in [5.41, 5.74) is 2.48. The van der Waals surface area contributed by atoms with Gasteiger partial charge in [0.1, 0.15) is 17.1 Å². The molecule has 0 fully saturated rings. The van der Waals surface area contributed by atoms with Crippen LogP contribution in [-0.4, -0.2) is 21.9 Å². The first-order valence-electron chi connectivity index (χ1n) is 10.9. The lowest BCUT2D eigenvalue weighted by atomic mass is 9.75. The second-order valence-corrected chi connectivity index (χ2v) is 11.0. The third kappa shape index (κ3) is 6.03. The zero-order chi connectivity index (χ0) is 22.5. The molecule has 2 aromatic rings. The topological polar surface area (TPSA) is 70.6 Å². The van der Waals surface area contributed by atoms with Crippen LogP contribution in [0.2, 0.25) is 0 Å². The van der Waals surface area contributed by atoms with E-state index >= 15 is 0 Å². The van der Waals surface area contributed by atoms with Crippen molar-refractivity contribution in [3.63, 3.8) is 0 Å². The van der Waals surface area contributed by atoms with Crippen molar-refractivity contribution in [3.8, 4) is 5.75 Å². The average molecular weight is 444 g/mol. The molecule has 0 heterocycles. The van der Waals surface area contributed by atoms with Crippen LogP contribution in [0.4, 0.5) is 0 Å². The number of hydrogen-bond donors (Lipinski definition) is 1. The Bertz CT molecular complexity index is 881. The fourth-order valence-corrected chi connectivity index (χ4v) is 4.82. The van der Waals surface area contributed by atoms with Crippen LogP contribution in [0.15, 0.2) is 48.5 Å². The van der Waals surface area contributed by atoms with E-state index in [2.05, 4.69) is 10.8 Å². The molecule has 5 nitrogen and oxygen atoms in total. The fraction of sp³-hybridized carbons (Fsp3) is 0.480. The molecule has 2 aromatic carbocycles. The Morgan fingerprint density at radius 2 is 1.94 bits per heavy atom. The van der Waals surface area contributed by atoms with E-state index in [9.17, 15) is 9.35 Å². The molecule has 0 saturated carbocycles. The second-order valence-electron chi connectivity index (χ2n) is 8.99. The van der Waals surface area contributed by atoms with Gasteiger partial charge in [0.2, 0.25) is 0 Å². The molecule has 0 amide bonds. The third-order valence-corrected chi connectivity index (χ3v) is 7.18. The molecule has 1 N–H and O–H groups in total. The van der Waals surface area contributed by atoms with Crippen molar-refractivity contribution in [1.82, 2.24) is 4.72 Å². The van der Waals surface area contributed by atoms with E-state index < -0.39 is 21.6 Å². The minimum atomic E-state index is -1.34. The molecule has 1 aliphatic carbocycles. The normalized spacial score (nSPS) is 19.4. The molecule has 31 heavy (non-hydrogen) atoms. The largest absolute Gasteiger partial charge is 0.598 e. The number of fused-ring (bicyclic) bond motifs is 1. The predicted octanol–water partition coefficient (Wildman–Crippen LogP) is 4.80. The van der Waals surface area contributed by atoms with Crippen LogP contribution in [-0.2, 0) is 39.5 Å². The van der Waals surface area contributed by atoms with Crippen molar-refractivity contribution in [3.05, 3.63) is 65.2 Å². The zero-order valence-electron chi connectivity index (χ0n) is 18.9. The molecular weight excluding hydrogens is 410 g/mol. The number of carbonyl (C=O) groups is 1. The van der Waals surface area contributed by atoms with Crippen molar-refractivity contribution in [2.24, 2.45) is 0 Å². The maximum Gasteiger partial charge on any atom is 0.308 e. The second kappa shape index (κ2) is 10.1. The highest BCUT2D eigenvalue weighted by Crippen LogP contribution is 2.41. The van der Waals surface area contributed by atoms with E-state index in [1.165, 1.54) is 0 Å². The number of carbonyl (C=O) groups excluding carboxylic acids is 1. The van der Waals surface area contributed by atoms with Gasteiger partial charge in [-0.1, -0.05) is 36.4 Å². The number of hydrogen-bond acceptors (Lipinski definition) is 5. The van der Waals surface area contributed by atoms with E-state index in [0.717, 1.165) is 35.3 Å². The fourth-order valence-electron chi connectivity index (χ4n) is 3.88. The van der Waals surface area contributed by atoms with Gasteiger partial charge in [0, 0.05) is 11.4 Å². The van der Waals surface area contributed by atoms with E-state index in [-0.39, 0.29) is 12.4 Å². The number of rotatable bonds is 8. The van der Waals surface area contributed by atoms with Gasteiger partial charge in [0.15, 0.2) is 0 Å². The van der Waals surface area contributed by atoms with Gasteiger partial charge >= 0.3 is 5.97 Å². The number of ether oxygens (including phenoxy) is 2. The summed E-state index contributed by atoms with van der Waals surface area (Å²) in [6.07, 6.45) is 2.67. The molecule has 168 valence electrons. The number of esters is 1. The Labute approximate surface area is 188 Å². The van der Waals surface area contributed by atoms with Gasteiger partial charge in [-0.05, 0) is 75.8 Å². The Hall–Kier alpha value is -2.02. The molecule has 3 rings (SSSR count). The highest BCUT2D eigenvalue weighted by atomic mass is 32.2. The molecule has 2 atom stereocenters. The minimum Gasteiger partial charge on any atom is -0.598 e. The highest BCUT2D eigenvalue weighted by Gasteiger charge is 2.45. The summed E-state index contributed by atoms with van der Waals surface area (Å²) in [6.45, 7) is 8.37. The lowest BCUT2D eigenvalue weighted by Gasteiger charge is -2.41. The van der Waals surface area contributed by atoms with Gasteiger partial charge in [0.25, 0.3) is 0 Å². The van der Waals surface area contributed by atoms with Crippen LogP contribution in [0, 0.1) is 0 Å². The summed E-state index contributed by atoms with van der Waals surface area (Å²) in [5, 5.41) is 0. The average Bonchev–Trinajstić information content (AvgIpc) is 2.73. The Morgan fingerprint density at radius 1 is 1.19 bits per heavy atom. The molecule has 1 unspecified atom stereocenters.